The molecule has 0 fully saturated rings. The Morgan fingerprint density at radius 1 is 1.43 bits per heavy atom. The third kappa shape index (κ3) is 2.42. The summed E-state index contributed by atoms with van der Waals surface area (Å²) in [5.74, 6) is 0.0471. The Bertz CT molecular complexity index is 344. The van der Waals surface area contributed by atoms with Crippen LogP contribution in [0, 0.1) is 13.8 Å². The van der Waals surface area contributed by atoms with E-state index < -0.39 is 0 Å². The molecule has 1 aromatic rings. The number of aryl methyl sites for hydroxylation is 1. The molecular formula is C12H17NO. The molecule has 2 nitrogen and oxygen atoms in total. The molecule has 0 saturated heterocycles. The monoisotopic (exact) mass is 191 g/mol. The van der Waals surface area contributed by atoms with Gasteiger partial charge < -0.3 is 5.73 Å². The summed E-state index contributed by atoms with van der Waals surface area (Å²) in [5.41, 5.74) is 9.38. The van der Waals surface area contributed by atoms with Gasteiger partial charge in [-0.3, -0.25) is 4.79 Å². The second-order valence-electron chi connectivity index (χ2n) is 3.78. The Hall–Kier alpha value is -1.15. The van der Waals surface area contributed by atoms with Crippen LogP contribution in [0.5, 0.6) is 0 Å². The highest BCUT2D eigenvalue weighted by Gasteiger charge is 2.10. The fourth-order valence-electron chi connectivity index (χ4n) is 1.41. The predicted molar refractivity (Wildman–Crippen MR) is 58.3 cm³/mol. The summed E-state index contributed by atoms with van der Waals surface area (Å²) < 4.78 is 0. The Morgan fingerprint density at radius 3 is 2.64 bits per heavy atom. The fourth-order valence-corrected chi connectivity index (χ4v) is 1.41. The summed E-state index contributed by atoms with van der Waals surface area (Å²) in [4.78, 5) is 11.0. The molecule has 1 unspecified atom stereocenters. The molecule has 0 bridgehead atoms. The van der Waals surface area contributed by atoms with Crippen LogP contribution in [0.15, 0.2) is 18.2 Å². The van der Waals surface area contributed by atoms with Crippen LogP contribution in [-0.2, 0) is 11.2 Å². The van der Waals surface area contributed by atoms with Crippen molar-refractivity contribution >= 4 is 5.78 Å². The highest BCUT2D eigenvalue weighted by molar-refractivity contribution is 5.81. The van der Waals surface area contributed by atoms with Gasteiger partial charge in [0.05, 0.1) is 6.04 Å². The maximum atomic E-state index is 11.0. The van der Waals surface area contributed by atoms with E-state index in [2.05, 4.69) is 19.9 Å². The molecule has 0 radical (unpaired) electrons. The molecule has 2 heteroatoms. The summed E-state index contributed by atoms with van der Waals surface area (Å²) in [6.07, 6.45) is 0.642. The van der Waals surface area contributed by atoms with Crippen LogP contribution in [0.2, 0.25) is 0 Å². The topological polar surface area (TPSA) is 43.1 Å². The number of nitrogens with two attached hydrogens (primary N) is 1. The van der Waals surface area contributed by atoms with E-state index in [-0.39, 0.29) is 11.8 Å². The van der Waals surface area contributed by atoms with Gasteiger partial charge in [0, 0.05) is 0 Å². The molecule has 1 aromatic carbocycles. The number of Topliss-reactive ketones (excluding diaryl/α,β-unsaturated/α-hetero) is 1. The molecule has 1 rings (SSSR count). The molecule has 76 valence electrons. The van der Waals surface area contributed by atoms with Gasteiger partial charge in [0.1, 0.15) is 5.78 Å². The number of rotatable bonds is 3. The number of hydrogen-bond acceptors (Lipinski definition) is 2. The summed E-state index contributed by atoms with van der Waals surface area (Å²) in [7, 11) is 0. The molecule has 2 N–H and O–H groups in total. The van der Waals surface area contributed by atoms with Crippen LogP contribution < -0.4 is 5.73 Å². The maximum Gasteiger partial charge on any atom is 0.146 e. The molecule has 14 heavy (non-hydrogen) atoms. The second-order valence-corrected chi connectivity index (χ2v) is 3.78. The fraction of sp³-hybridized carbons (Fsp3) is 0.417. The number of carbonyl (C=O) groups excluding carboxylic acids is 1. The molecule has 0 saturated carbocycles. The van der Waals surface area contributed by atoms with E-state index in [0.29, 0.717) is 6.42 Å². The van der Waals surface area contributed by atoms with E-state index in [1.807, 2.05) is 12.1 Å². The minimum absolute atomic E-state index is 0.0471. The summed E-state index contributed by atoms with van der Waals surface area (Å²) in [6, 6.07) is 5.74. The third-order valence-electron chi connectivity index (χ3n) is 2.68. The number of benzene rings is 1. The van der Waals surface area contributed by atoms with Crippen molar-refractivity contribution in [3.8, 4) is 0 Å². The van der Waals surface area contributed by atoms with Crippen molar-refractivity contribution in [2.24, 2.45) is 5.73 Å². The van der Waals surface area contributed by atoms with Gasteiger partial charge in [-0.2, -0.15) is 0 Å². The van der Waals surface area contributed by atoms with E-state index in [0.717, 1.165) is 0 Å². The Morgan fingerprint density at radius 2 is 2.07 bits per heavy atom. The first-order valence-electron chi connectivity index (χ1n) is 4.83. The molecule has 0 aliphatic rings. The van der Waals surface area contributed by atoms with Gasteiger partial charge in [-0.25, -0.2) is 0 Å². The standard InChI is InChI=1S/C12H17NO/c1-8-5-4-6-11(9(8)2)7-12(13)10(3)14/h4-6,12H,7,13H2,1-3H3. The van der Waals surface area contributed by atoms with Gasteiger partial charge in [0.2, 0.25) is 0 Å². The van der Waals surface area contributed by atoms with E-state index in [1.54, 1.807) is 0 Å². The lowest BCUT2D eigenvalue weighted by Gasteiger charge is -2.11. The van der Waals surface area contributed by atoms with Gasteiger partial charge in [0.25, 0.3) is 0 Å². The lowest BCUT2D eigenvalue weighted by molar-refractivity contribution is -0.118. The molecule has 1 atom stereocenters. The highest BCUT2D eigenvalue weighted by Crippen LogP contribution is 2.14. The molecule has 0 aliphatic heterocycles. The van der Waals surface area contributed by atoms with E-state index in [4.69, 9.17) is 5.73 Å². The van der Waals surface area contributed by atoms with Crippen molar-refractivity contribution in [2.75, 3.05) is 0 Å². The van der Waals surface area contributed by atoms with Crippen LogP contribution in [0.1, 0.15) is 23.6 Å². The van der Waals surface area contributed by atoms with Crippen LogP contribution >= 0.6 is 0 Å². The van der Waals surface area contributed by atoms with Gasteiger partial charge in [0.15, 0.2) is 0 Å². The Labute approximate surface area is 85.1 Å². The minimum Gasteiger partial charge on any atom is -0.321 e. The van der Waals surface area contributed by atoms with E-state index >= 15 is 0 Å². The summed E-state index contributed by atoms with van der Waals surface area (Å²) in [5, 5.41) is 0. The van der Waals surface area contributed by atoms with Crippen molar-refractivity contribution in [3.63, 3.8) is 0 Å². The van der Waals surface area contributed by atoms with Crippen molar-refractivity contribution in [1.29, 1.82) is 0 Å². The first kappa shape index (κ1) is 10.9. The van der Waals surface area contributed by atoms with Crippen molar-refractivity contribution in [1.82, 2.24) is 0 Å². The number of hydrogen-bond donors (Lipinski definition) is 1. The lowest BCUT2D eigenvalue weighted by Crippen LogP contribution is -2.30. The predicted octanol–water partition coefficient (Wildman–Crippen LogP) is 1.76. The Kier molecular flexibility index (Phi) is 3.42. The van der Waals surface area contributed by atoms with Crippen LogP contribution in [-0.4, -0.2) is 11.8 Å². The quantitative estimate of drug-likeness (QED) is 0.791. The van der Waals surface area contributed by atoms with E-state index in [1.165, 1.54) is 23.6 Å². The second kappa shape index (κ2) is 4.38. The third-order valence-corrected chi connectivity index (χ3v) is 2.68. The molecular weight excluding hydrogens is 174 g/mol. The van der Waals surface area contributed by atoms with Crippen molar-refractivity contribution in [2.45, 2.75) is 33.2 Å². The largest absolute Gasteiger partial charge is 0.321 e. The zero-order valence-electron chi connectivity index (χ0n) is 9.00. The van der Waals surface area contributed by atoms with Crippen molar-refractivity contribution in [3.05, 3.63) is 34.9 Å². The first-order valence-corrected chi connectivity index (χ1v) is 4.83. The van der Waals surface area contributed by atoms with Crippen LogP contribution in [0.3, 0.4) is 0 Å². The smallest absolute Gasteiger partial charge is 0.146 e. The van der Waals surface area contributed by atoms with Gasteiger partial charge in [-0.15, -0.1) is 0 Å². The summed E-state index contributed by atoms with van der Waals surface area (Å²) >= 11 is 0. The van der Waals surface area contributed by atoms with Gasteiger partial charge in [-0.1, -0.05) is 18.2 Å². The van der Waals surface area contributed by atoms with Crippen molar-refractivity contribution < 1.29 is 4.79 Å². The van der Waals surface area contributed by atoms with Gasteiger partial charge >= 0.3 is 0 Å². The van der Waals surface area contributed by atoms with Crippen LogP contribution in [0.4, 0.5) is 0 Å². The minimum atomic E-state index is -0.365. The average molecular weight is 191 g/mol. The average Bonchev–Trinajstić information content (AvgIpc) is 2.12. The number of carbonyl (C=O) groups is 1. The van der Waals surface area contributed by atoms with E-state index in [9.17, 15) is 4.79 Å². The van der Waals surface area contributed by atoms with Crippen LogP contribution in [0.25, 0.3) is 0 Å². The lowest BCUT2D eigenvalue weighted by atomic mass is 9.97. The Balaban J connectivity index is 2.87. The normalized spacial score (nSPS) is 12.6. The molecule has 0 amide bonds. The molecule has 0 spiro atoms. The zero-order chi connectivity index (χ0) is 10.7. The van der Waals surface area contributed by atoms with Gasteiger partial charge in [-0.05, 0) is 43.9 Å². The molecule has 0 aliphatic carbocycles. The maximum absolute atomic E-state index is 11.0. The zero-order valence-corrected chi connectivity index (χ0v) is 9.00. The molecule has 0 aromatic heterocycles. The molecule has 0 heterocycles. The number of ketones is 1. The first-order chi connectivity index (χ1) is 6.52. The SMILES string of the molecule is CC(=O)C(N)Cc1cccc(C)c1C. The highest BCUT2D eigenvalue weighted by atomic mass is 16.1. The summed E-state index contributed by atoms with van der Waals surface area (Å²) in [6.45, 7) is 5.67.